The Bertz CT molecular complexity index is 534. The van der Waals surface area contributed by atoms with Gasteiger partial charge in [-0.1, -0.05) is 0 Å². The first kappa shape index (κ1) is 12.3. The van der Waals surface area contributed by atoms with Crippen LogP contribution in [0.2, 0.25) is 0 Å². The zero-order valence-electron chi connectivity index (χ0n) is 10.2. The molecule has 3 heterocycles. The van der Waals surface area contributed by atoms with Crippen molar-refractivity contribution in [1.29, 1.82) is 0 Å². The summed E-state index contributed by atoms with van der Waals surface area (Å²) in [6, 6.07) is 4.53. The van der Waals surface area contributed by atoms with E-state index in [4.69, 9.17) is 11.6 Å². The fourth-order valence-corrected chi connectivity index (χ4v) is 3.82. The van der Waals surface area contributed by atoms with E-state index in [0.717, 1.165) is 23.4 Å². The summed E-state index contributed by atoms with van der Waals surface area (Å²) in [6.07, 6.45) is 5.09. The summed E-state index contributed by atoms with van der Waals surface area (Å²) >= 11 is 7.94. The Morgan fingerprint density at radius 1 is 1.39 bits per heavy atom. The van der Waals surface area contributed by atoms with Crippen molar-refractivity contribution in [2.45, 2.75) is 25.3 Å². The summed E-state index contributed by atoms with van der Waals surface area (Å²) in [4.78, 5) is 9.20. The van der Waals surface area contributed by atoms with Crippen molar-refractivity contribution in [2.75, 3.05) is 17.4 Å². The molecular formula is C13H16ClN3S. The summed E-state index contributed by atoms with van der Waals surface area (Å²) in [5, 5.41) is 0. The van der Waals surface area contributed by atoms with Crippen LogP contribution < -0.4 is 0 Å². The lowest BCUT2D eigenvalue weighted by molar-refractivity contribution is 0.464. The summed E-state index contributed by atoms with van der Waals surface area (Å²) < 4.78 is 2.33. The predicted octanol–water partition coefficient (Wildman–Crippen LogP) is 3.28. The Labute approximate surface area is 116 Å². The lowest BCUT2D eigenvalue weighted by Crippen LogP contribution is -2.18. The number of aryl methyl sites for hydroxylation is 1. The Hall–Kier alpha value is -0.740. The number of alkyl halides is 1. The second-order valence-corrected chi connectivity index (χ2v) is 6.13. The minimum Gasteiger partial charge on any atom is -0.309 e. The third-order valence-corrected chi connectivity index (χ3v) is 4.63. The van der Waals surface area contributed by atoms with Crippen LogP contribution in [0, 0.1) is 0 Å². The Kier molecular flexibility index (Phi) is 3.75. The van der Waals surface area contributed by atoms with E-state index in [0.29, 0.717) is 11.9 Å². The van der Waals surface area contributed by atoms with Gasteiger partial charge in [-0.2, -0.15) is 11.8 Å². The van der Waals surface area contributed by atoms with Crippen LogP contribution in [0.4, 0.5) is 0 Å². The number of hydrogen-bond acceptors (Lipinski definition) is 3. The summed E-state index contributed by atoms with van der Waals surface area (Å²) in [7, 11) is 0. The lowest BCUT2D eigenvalue weighted by atomic mass is 10.1. The maximum absolute atomic E-state index is 5.90. The Balaban J connectivity index is 2.07. The van der Waals surface area contributed by atoms with E-state index in [9.17, 15) is 0 Å². The van der Waals surface area contributed by atoms with Crippen LogP contribution in [0.1, 0.15) is 24.7 Å². The molecule has 5 heteroatoms. The molecule has 1 fully saturated rings. The van der Waals surface area contributed by atoms with Crippen LogP contribution in [-0.4, -0.2) is 31.9 Å². The molecule has 18 heavy (non-hydrogen) atoms. The molecule has 0 aliphatic carbocycles. The molecule has 1 saturated heterocycles. The molecule has 3 nitrogen and oxygen atoms in total. The van der Waals surface area contributed by atoms with Crippen LogP contribution in [-0.2, 0) is 6.42 Å². The molecule has 3 rings (SSSR count). The molecule has 0 radical (unpaired) electrons. The zero-order valence-corrected chi connectivity index (χ0v) is 11.8. The molecule has 0 bridgehead atoms. The number of nitrogens with zero attached hydrogens (tertiary/aromatic N) is 3. The molecule has 0 atom stereocenters. The zero-order chi connectivity index (χ0) is 12.4. The first-order valence-electron chi connectivity index (χ1n) is 6.35. The van der Waals surface area contributed by atoms with Crippen molar-refractivity contribution in [1.82, 2.24) is 14.5 Å². The molecule has 0 amide bonds. The number of halogens is 1. The van der Waals surface area contributed by atoms with Crippen LogP contribution in [0.3, 0.4) is 0 Å². The maximum Gasteiger partial charge on any atom is 0.160 e. The van der Waals surface area contributed by atoms with Gasteiger partial charge in [-0.05, 0) is 36.5 Å². The maximum atomic E-state index is 5.90. The average Bonchev–Trinajstić information content (AvgIpc) is 2.78. The molecule has 1 aliphatic heterocycles. The third kappa shape index (κ3) is 2.24. The number of fused-ring (bicyclic) bond motifs is 1. The monoisotopic (exact) mass is 281 g/mol. The standard InChI is InChI=1S/C13H16ClN3S/c14-6-3-12-16-11-2-1-7-15-13(11)17(12)10-4-8-18-9-5-10/h1-2,7,10H,3-6,8-9H2. The highest BCUT2D eigenvalue weighted by Gasteiger charge is 2.21. The number of imidazole rings is 1. The van der Waals surface area contributed by atoms with Crippen molar-refractivity contribution in [2.24, 2.45) is 0 Å². The fraction of sp³-hybridized carbons (Fsp3) is 0.538. The highest BCUT2D eigenvalue weighted by Crippen LogP contribution is 2.31. The highest BCUT2D eigenvalue weighted by atomic mass is 35.5. The van der Waals surface area contributed by atoms with E-state index in [1.54, 1.807) is 0 Å². The van der Waals surface area contributed by atoms with Crippen molar-refractivity contribution >= 4 is 34.5 Å². The van der Waals surface area contributed by atoms with Crippen LogP contribution in [0.5, 0.6) is 0 Å². The van der Waals surface area contributed by atoms with Crippen molar-refractivity contribution in [3.8, 4) is 0 Å². The molecule has 0 saturated carbocycles. The van der Waals surface area contributed by atoms with Crippen molar-refractivity contribution in [3.05, 3.63) is 24.2 Å². The quantitative estimate of drug-likeness (QED) is 0.809. The molecule has 0 unspecified atom stereocenters. The van der Waals surface area contributed by atoms with E-state index < -0.39 is 0 Å². The molecule has 0 N–H and O–H groups in total. The molecule has 0 spiro atoms. The molecule has 0 aromatic carbocycles. The predicted molar refractivity (Wildman–Crippen MR) is 77.5 cm³/mol. The number of aromatic nitrogens is 3. The van der Waals surface area contributed by atoms with Gasteiger partial charge < -0.3 is 4.57 Å². The second kappa shape index (κ2) is 5.49. The summed E-state index contributed by atoms with van der Waals surface area (Å²) in [5.41, 5.74) is 2.02. The van der Waals surface area contributed by atoms with Crippen molar-refractivity contribution in [3.63, 3.8) is 0 Å². The highest BCUT2D eigenvalue weighted by molar-refractivity contribution is 7.99. The number of hydrogen-bond donors (Lipinski definition) is 0. The Morgan fingerprint density at radius 3 is 3.00 bits per heavy atom. The SMILES string of the molecule is ClCCc1nc2cccnc2n1C1CCSCC1. The van der Waals surface area contributed by atoms with Gasteiger partial charge in [0.2, 0.25) is 0 Å². The second-order valence-electron chi connectivity index (χ2n) is 4.53. The fourth-order valence-electron chi connectivity index (χ4n) is 2.56. The van der Waals surface area contributed by atoms with E-state index in [1.807, 2.05) is 30.1 Å². The minimum atomic E-state index is 0.546. The Morgan fingerprint density at radius 2 is 2.22 bits per heavy atom. The topological polar surface area (TPSA) is 30.7 Å². The van der Waals surface area contributed by atoms with Gasteiger partial charge in [0.05, 0.1) is 0 Å². The normalized spacial score (nSPS) is 17.4. The van der Waals surface area contributed by atoms with E-state index >= 15 is 0 Å². The smallest absolute Gasteiger partial charge is 0.160 e. The summed E-state index contributed by atoms with van der Waals surface area (Å²) in [6.45, 7) is 0. The number of rotatable bonds is 3. The largest absolute Gasteiger partial charge is 0.309 e. The van der Waals surface area contributed by atoms with E-state index in [2.05, 4.69) is 14.5 Å². The van der Waals surface area contributed by atoms with Crippen LogP contribution in [0.15, 0.2) is 18.3 Å². The molecule has 1 aliphatic rings. The summed E-state index contributed by atoms with van der Waals surface area (Å²) in [5.74, 6) is 4.18. The van der Waals surface area contributed by atoms with Gasteiger partial charge in [0.1, 0.15) is 11.3 Å². The van der Waals surface area contributed by atoms with Crippen molar-refractivity contribution < 1.29 is 0 Å². The van der Waals surface area contributed by atoms with Crippen LogP contribution >= 0.6 is 23.4 Å². The van der Waals surface area contributed by atoms with Gasteiger partial charge in [-0.15, -0.1) is 11.6 Å². The third-order valence-electron chi connectivity index (χ3n) is 3.40. The van der Waals surface area contributed by atoms with Gasteiger partial charge in [0, 0.05) is 24.5 Å². The van der Waals surface area contributed by atoms with Gasteiger partial charge in [-0.25, -0.2) is 9.97 Å². The first-order valence-corrected chi connectivity index (χ1v) is 8.04. The van der Waals surface area contributed by atoms with E-state index in [1.165, 1.54) is 24.3 Å². The molecular weight excluding hydrogens is 266 g/mol. The van der Waals surface area contributed by atoms with Crippen LogP contribution in [0.25, 0.3) is 11.2 Å². The lowest BCUT2D eigenvalue weighted by Gasteiger charge is -2.24. The van der Waals surface area contributed by atoms with Gasteiger partial charge >= 0.3 is 0 Å². The molecule has 96 valence electrons. The molecule has 2 aromatic rings. The minimum absolute atomic E-state index is 0.546. The van der Waals surface area contributed by atoms with Gasteiger partial charge in [0.25, 0.3) is 0 Å². The first-order chi connectivity index (χ1) is 8.90. The average molecular weight is 282 g/mol. The molecule has 2 aromatic heterocycles. The van der Waals surface area contributed by atoms with E-state index in [-0.39, 0.29) is 0 Å². The van der Waals surface area contributed by atoms with Gasteiger partial charge in [0.15, 0.2) is 5.65 Å². The number of thioether (sulfide) groups is 1. The van der Waals surface area contributed by atoms with Gasteiger partial charge in [-0.3, -0.25) is 0 Å². The number of pyridine rings is 1.